The van der Waals surface area contributed by atoms with Gasteiger partial charge in [0.25, 0.3) is 0 Å². The van der Waals surface area contributed by atoms with Gasteiger partial charge in [0.15, 0.2) is 5.78 Å². The quantitative estimate of drug-likeness (QED) is 0.329. The number of thioether (sulfide) groups is 1. The van der Waals surface area contributed by atoms with Crippen molar-refractivity contribution in [2.45, 2.75) is 19.0 Å². The third-order valence-electron chi connectivity index (χ3n) is 4.26. The van der Waals surface area contributed by atoms with E-state index in [9.17, 15) is 4.79 Å². The van der Waals surface area contributed by atoms with Gasteiger partial charge in [-0.15, -0.1) is 16.4 Å². The van der Waals surface area contributed by atoms with Gasteiger partial charge in [0.2, 0.25) is 5.16 Å². The molecule has 0 bridgehead atoms. The van der Waals surface area contributed by atoms with Crippen LogP contribution in [0.3, 0.4) is 0 Å². The van der Waals surface area contributed by atoms with Gasteiger partial charge in [-0.05, 0) is 53.4 Å². The molecule has 0 aliphatic carbocycles. The monoisotopic (exact) mass is 410 g/mol. The number of ether oxygens (including phenoxy) is 1. The molecule has 0 saturated carbocycles. The summed E-state index contributed by atoms with van der Waals surface area (Å²) in [6, 6.07) is 15.7. The van der Waals surface area contributed by atoms with Crippen LogP contribution in [0.1, 0.15) is 22.2 Å². The van der Waals surface area contributed by atoms with Crippen molar-refractivity contribution >= 4 is 39.0 Å². The molecule has 2 aromatic carbocycles. The van der Waals surface area contributed by atoms with E-state index < -0.39 is 0 Å². The van der Waals surface area contributed by atoms with Crippen molar-refractivity contribution in [3.63, 3.8) is 0 Å². The highest BCUT2D eigenvalue weighted by molar-refractivity contribution is 7.99. The summed E-state index contributed by atoms with van der Waals surface area (Å²) in [7, 11) is 0. The van der Waals surface area contributed by atoms with Gasteiger partial charge in [0, 0.05) is 4.70 Å². The van der Waals surface area contributed by atoms with E-state index in [1.807, 2.05) is 56.3 Å². The van der Waals surface area contributed by atoms with Crippen molar-refractivity contribution in [2.24, 2.45) is 0 Å². The minimum absolute atomic E-state index is 0.0799. The number of carbonyl (C=O) groups is 1. The molecule has 0 amide bonds. The Balaban J connectivity index is 1.56. The maximum atomic E-state index is 12.8. The fourth-order valence-corrected chi connectivity index (χ4v) is 4.96. The van der Waals surface area contributed by atoms with Crippen molar-refractivity contribution < 1.29 is 9.53 Å². The molecule has 8 heteroatoms. The molecule has 0 aliphatic rings. The smallest absolute Gasteiger partial charge is 0.214 e. The zero-order chi connectivity index (χ0) is 19.5. The highest BCUT2D eigenvalue weighted by Crippen LogP contribution is 2.32. The number of thiophene rings is 1. The molecule has 2 heterocycles. The molecule has 28 heavy (non-hydrogen) atoms. The normalized spacial score (nSPS) is 11.1. The second-order valence-electron chi connectivity index (χ2n) is 6.04. The number of Topliss-reactive ketones (excluding diaryl/α,β-unsaturated/α-hetero) is 1. The Hall–Kier alpha value is -2.71. The highest BCUT2D eigenvalue weighted by atomic mass is 32.2. The largest absolute Gasteiger partial charge is 0.492 e. The average molecular weight is 411 g/mol. The van der Waals surface area contributed by atoms with E-state index in [0.29, 0.717) is 17.5 Å². The summed E-state index contributed by atoms with van der Waals surface area (Å²) < 4.78 is 8.41. The van der Waals surface area contributed by atoms with Gasteiger partial charge in [0.05, 0.1) is 17.2 Å². The third kappa shape index (κ3) is 3.53. The minimum atomic E-state index is 0.0799. The summed E-state index contributed by atoms with van der Waals surface area (Å²) in [5, 5.41) is 13.6. The van der Waals surface area contributed by atoms with Crippen LogP contribution in [0, 0.1) is 6.92 Å². The van der Waals surface area contributed by atoms with Crippen LogP contribution >= 0.6 is 23.1 Å². The second-order valence-corrected chi connectivity index (χ2v) is 8.03. The molecule has 0 spiro atoms. The Morgan fingerprint density at radius 2 is 1.96 bits per heavy atom. The Morgan fingerprint density at radius 1 is 1.18 bits per heavy atom. The molecule has 2 aromatic heterocycles. The summed E-state index contributed by atoms with van der Waals surface area (Å²) >= 11 is 2.86. The number of tetrazole rings is 1. The Kier molecular flexibility index (Phi) is 5.40. The summed E-state index contributed by atoms with van der Waals surface area (Å²) in [6.07, 6.45) is 0. The van der Waals surface area contributed by atoms with Crippen molar-refractivity contribution in [3.8, 4) is 11.4 Å². The molecule has 0 fully saturated rings. The molecular weight excluding hydrogens is 392 g/mol. The molecule has 4 aromatic rings. The molecule has 6 nitrogen and oxygen atoms in total. The average Bonchev–Trinajstić information content (AvgIpc) is 3.32. The number of fused-ring (bicyclic) bond motifs is 1. The van der Waals surface area contributed by atoms with Gasteiger partial charge in [-0.3, -0.25) is 4.79 Å². The van der Waals surface area contributed by atoms with Gasteiger partial charge in [-0.1, -0.05) is 42.1 Å². The SMILES string of the molecule is CCOc1ccccc1-n1nnnc1SCC(=O)c1sc2ccccc2c1C. The second kappa shape index (κ2) is 8.12. The first-order valence-electron chi connectivity index (χ1n) is 8.83. The van der Waals surface area contributed by atoms with E-state index in [4.69, 9.17) is 4.74 Å². The predicted octanol–water partition coefficient (Wildman–Crippen LogP) is 4.56. The summed E-state index contributed by atoms with van der Waals surface area (Å²) in [5.41, 5.74) is 1.79. The first kappa shape index (κ1) is 18.6. The molecule has 0 aliphatic heterocycles. The molecule has 0 saturated heterocycles. The molecule has 0 N–H and O–H groups in total. The molecule has 0 atom stereocenters. The van der Waals surface area contributed by atoms with Crippen molar-refractivity contribution in [1.82, 2.24) is 20.2 Å². The zero-order valence-corrected chi connectivity index (χ0v) is 17.1. The minimum Gasteiger partial charge on any atom is -0.492 e. The molecule has 142 valence electrons. The van der Waals surface area contributed by atoms with Gasteiger partial charge < -0.3 is 4.74 Å². The predicted molar refractivity (Wildman–Crippen MR) is 112 cm³/mol. The van der Waals surface area contributed by atoms with E-state index in [-0.39, 0.29) is 11.5 Å². The number of rotatable bonds is 7. The van der Waals surface area contributed by atoms with E-state index in [0.717, 1.165) is 26.2 Å². The van der Waals surface area contributed by atoms with Crippen LogP contribution in [0.25, 0.3) is 15.8 Å². The zero-order valence-electron chi connectivity index (χ0n) is 15.5. The van der Waals surface area contributed by atoms with Crippen LogP contribution in [-0.4, -0.2) is 38.4 Å². The lowest BCUT2D eigenvalue weighted by Gasteiger charge is -2.10. The molecule has 0 radical (unpaired) electrons. The third-order valence-corrected chi connectivity index (χ3v) is 6.50. The Morgan fingerprint density at radius 3 is 2.79 bits per heavy atom. The van der Waals surface area contributed by atoms with E-state index in [1.165, 1.54) is 23.1 Å². The number of aryl methyl sites for hydroxylation is 1. The molecule has 4 rings (SSSR count). The van der Waals surface area contributed by atoms with Crippen LogP contribution in [0.15, 0.2) is 53.7 Å². The van der Waals surface area contributed by atoms with Crippen LogP contribution in [0.2, 0.25) is 0 Å². The summed E-state index contributed by atoms with van der Waals surface area (Å²) in [6.45, 7) is 4.47. The van der Waals surface area contributed by atoms with Crippen LogP contribution < -0.4 is 4.74 Å². The summed E-state index contributed by atoms with van der Waals surface area (Å²) in [4.78, 5) is 13.6. The van der Waals surface area contributed by atoms with Gasteiger partial charge in [-0.25, -0.2) is 0 Å². The maximum Gasteiger partial charge on any atom is 0.214 e. The number of para-hydroxylation sites is 2. The number of nitrogens with zero attached hydrogens (tertiary/aromatic N) is 4. The van der Waals surface area contributed by atoms with Crippen molar-refractivity contribution in [1.29, 1.82) is 0 Å². The van der Waals surface area contributed by atoms with Crippen molar-refractivity contribution in [3.05, 3.63) is 59.0 Å². The number of hydrogen-bond acceptors (Lipinski definition) is 7. The lowest BCUT2D eigenvalue weighted by Crippen LogP contribution is -2.06. The molecule has 0 unspecified atom stereocenters. The van der Waals surface area contributed by atoms with Crippen LogP contribution in [0.5, 0.6) is 5.75 Å². The standard InChI is InChI=1S/C20H18N4O2S2/c1-3-26-17-10-6-5-9-15(17)24-20(21-22-23-24)27-12-16(25)19-13(2)14-8-4-7-11-18(14)28-19/h4-11H,3,12H2,1-2H3. The Bertz CT molecular complexity index is 1140. The van der Waals surface area contributed by atoms with E-state index in [2.05, 4.69) is 21.6 Å². The fourth-order valence-electron chi connectivity index (χ4n) is 2.97. The van der Waals surface area contributed by atoms with Gasteiger partial charge in [-0.2, -0.15) is 4.68 Å². The highest BCUT2D eigenvalue weighted by Gasteiger charge is 2.18. The lowest BCUT2D eigenvalue weighted by molar-refractivity contribution is 0.102. The Labute approximate surface area is 170 Å². The number of carbonyl (C=O) groups excluding carboxylic acids is 1. The number of hydrogen-bond donors (Lipinski definition) is 0. The number of benzene rings is 2. The van der Waals surface area contributed by atoms with Gasteiger partial charge in [0.1, 0.15) is 11.4 Å². The first-order valence-corrected chi connectivity index (χ1v) is 10.6. The van der Waals surface area contributed by atoms with Crippen LogP contribution in [-0.2, 0) is 0 Å². The number of ketones is 1. The molecular formula is C20H18N4O2S2. The number of aromatic nitrogens is 4. The maximum absolute atomic E-state index is 12.8. The van der Waals surface area contributed by atoms with Gasteiger partial charge >= 0.3 is 0 Å². The summed E-state index contributed by atoms with van der Waals surface area (Å²) in [5.74, 6) is 1.05. The van der Waals surface area contributed by atoms with Crippen LogP contribution in [0.4, 0.5) is 0 Å². The lowest BCUT2D eigenvalue weighted by atomic mass is 10.1. The van der Waals surface area contributed by atoms with Crippen molar-refractivity contribution in [2.75, 3.05) is 12.4 Å². The first-order chi connectivity index (χ1) is 13.7. The topological polar surface area (TPSA) is 69.9 Å². The van der Waals surface area contributed by atoms with E-state index >= 15 is 0 Å². The fraction of sp³-hybridized carbons (Fsp3) is 0.200. The van der Waals surface area contributed by atoms with E-state index in [1.54, 1.807) is 4.68 Å².